The summed E-state index contributed by atoms with van der Waals surface area (Å²) < 4.78 is 0. The lowest BCUT2D eigenvalue weighted by atomic mass is 10.1. The van der Waals surface area contributed by atoms with E-state index in [0.29, 0.717) is 5.92 Å². The summed E-state index contributed by atoms with van der Waals surface area (Å²) >= 11 is 0. The summed E-state index contributed by atoms with van der Waals surface area (Å²) in [5.41, 5.74) is 0.885. The van der Waals surface area contributed by atoms with Crippen LogP contribution in [0.5, 0.6) is 0 Å². The van der Waals surface area contributed by atoms with Gasteiger partial charge >= 0.3 is 0 Å². The predicted octanol–water partition coefficient (Wildman–Crippen LogP) is 2.97. The summed E-state index contributed by atoms with van der Waals surface area (Å²) in [6.07, 6.45) is 5.28. The first-order chi connectivity index (χ1) is 4.16. The molecule has 0 heterocycles. The zero-order valence-corrected chi connectivity index (χ0v) is 6.52. The minimum absolute atomic E-state index is 0.656. The van der Waals surface area contributed by atoms with E-state index in [9.17, 15) is 0 Å². The van der Waals surface area contributed by atoms with E-state index in [2.05, 4.69) is 19.9 Å². The average molecular weight is 123 g/mol. The van der Waals surface area contributed by atoms with Gasteiger partial charge in [-0.1, -0.05) is 44.6 Å². The third kappa shape index (κ3) is 5.35. The highest BCUT2D eigenvalue weighted by molar-refractivity contribution is 5.09. The van der Waals surface area contributed by atoms with Crippen molar-refractivity contribution in [2.75, 3.05) is 0 Å². The van der Waals surface area contributed by atoms with Crippen molar-refractivity contribution in [3.63, 3.8) is 0 Å². The van der Waals surface area contributed by atoms with E-state index >= 15 is 0 Å². The Balaban J connectivity index is 3.56. The second-order valence-corrected chi connectivity index (χ2v) is 2.49. The first-order valence-corrected chi connectivity index (χ1v) is 3.44. The zero-order chi connectivity index (χ0) is 7.28. The largest absolute Gasteiger partial charge is 0.0814 e. The third-order valence-corrected chi connectivity index (χ3v) is 1.33. The van der Waals surface area contributed by atoms with Crippen molar-refractivity contribution in [1.29, 1.82) is 0 Å². The summed E-state index contributed by atoms with van der Waals surface area (Å²) in [7, 11) is 0. The Bertz CT molecular complexity index is 109. The fraction of sp³-hybridized carbons (Fsp3) is 0.556. The van der Waals surface area contributed by atoms with Gasteiger partial charge in [0.05, 0.1) is 0 Å². The lowest BCUT2D eigenvalue weighted by molar-refractivity contribution is 0.698. The van der Waals surface area contributed by atoms with Crippen molar-refractivity contribution < 1.29 is 0 Å². The van der Waals surface area contributed by atoms with Crippen molar-refractivity contribution in [3.05, 3.63) is 24.3 Å². The van der Waals surface area contributed by atoms with Gasteiger partial charge in [-0.25, -0.2) is 0 Å². The molecule has 0 N–H and O–H groups in total. The van der Waals surface area contributed by atoms with Gasteiger partial charge in [0.2, 0.25) is 0 Å². The van der Waals surface area contributed by atoms with Gasteiger partial charge < -0.3 is 0 Å². The van der Waals surface area contributed by atoms with Crippen LogP contribution in [0.15, 0.2) is 17.7 Å². The molecule has 1 radical (unpaired) electrons. The van der Waals surface area contributed by atoms with Gasteiger partial charge in [-0.05, 0) is 12.8 Å². The van der Waals surface area contributed by atoms with Crippen molar-refractivity contribution in [2.45, 2.75) is 27.2 Å². The maximum Gasteiger partial charge on any atom is -0.0261 e. The Morgan fingerprint density at radius 2 is 2.22 bits per heavy atom. The molecule has 0 aromatic rings. The second-order valence-electron chi connectivity index (χ2n) is 2.49. The Kier molecular flexibility index (Phi) is 4.12. The van der Waals surface area contributed by atoms with E-state index in [1.165, 1.54) is 6.42 Å². The fourth-order valence-electron chi connectivity index (χ4n) is 0.452. The molecule has 0 aliphatic rings. The lowest BCUT2D eigenvalue weighted by Gasteiger charge is -1.97. The van der Waals surface area contributed by atoms with Crippen LogP contribution >= 0.6 is 0 Å². The molecule has 0 amide bonds. The van der Waals surface area contributed by atoms with Crippen LogP contribution in [0.3, 0.4) is 0 Å². The molecule has 0 nitrogen and oxygen atoms in total. The second kappa shape index (κ2) is 4.37. The first kappa shape index (κ1) is 8.48. The highest BCUT2D eigenvalue weighted by Crippen LogP contribution is 2.03. The average Bonchev–Trinajstić information content (AvgIpc) is 1.83. The van der Waals surface area contributed by atoms with E-state index in [0.717, 1.165) is 5.57 Å². The van der Waals surface area contributed by atoms with E-state index < -0.39 is 0 Å². The van der Waals surface area contributed by atoms with Crippen LogP contribution in [-0.4, -0.2) is 0 Å². The molecule has 9 heavy (non-hydrogen) atoms. The van der Waals surface area contributed by atoms with Crippen molar-refractivity contribution >= 4 is 0 Å². The van der Waals surface area contributed by atoms with E-state index in [1.54, 1.807) is 0 Å². The maximum absolute atomic E-state index is 5.43. The molecule has 0 saturated carbocycles. The molecule has 51 valence electrons. The maximum atomic E-state index is 5.43. The standard InChI is InChI=1S/C9H15/c1-5-9(4)7-6-8(2)3/h2,6-7,9H,5H2,1,3-4H3/b7-6+,8-2?. The van der Waals surface area contributed by atoms with Crippen LogP contribution in [0.25, 0.3) is 0 Å². The quantitative estimate of drug-likeness (QED) is 0.506. The van der Waals surface area contributed by atoms with Gasteiger partial charge in [0.1, 0.15) is 0 Å². The van der Waals surface area contributed by atoms with Crippen molar-refractivity contribution in [2.24, 2.45) is 5.92 Å². The molecule has 0 aliphatic carbocycles. The minimum Gasteiger partial charge on any atom is -0.0814 e. The van der Waals surface area contributed by atoms with E-state index in [-0.39, 0.29) is 0 Å². The molecule has 0 aliphatic heterocycles. The predicted molar refractivity (Wildman–Crippen MR) is 42.1 cm³/mol. The molecule has 1 unspecified atom stereocenters. The summed E-state index contributed by atoms with van der Waals surface area (Å²) in [4.78, 5) is 0. The van der Waals surface area contributed by atoms with Gasteiger partial charge in [0.25, 0.3) is 0 Å². The minimum atomic E-state index is 0.656. The Hall–Kier alpha value is -0.520. The van der Waals surface area contributed by atoms with Crippen LogP contribution in [0.1, 0.15) is 27.2 Å². The van der Waals surface area contributed by atoms with Crippen molar-refractivity contribution in [3.8, 4) is 0 Å². The van der Waals surface area contributed by atoms with Crippen LogP contribution < -0.4 is 0 Å². The van der Waals surface area contributed by atoms with Crippen molar-refractivity contribution in [1.82, 2.24) is 0 Å². The molecular weight excluding hydrogens is 108 g/mol. The summed E-state index contributed by atoms with van der Waals surface area (Å²) in [5.74, 6) is 0.656. The molecule has 0 aromatic carbocycles. The topological polar surface area (TPSA) is 0 Å². The summed E-state index contributed by atoms with van der Waals surface area (Å²) in [6, 6.07) is 0. The summed E-state index contributed by atoms with van der Waals surface area (Å²) in [6.45, 7) is 11.7. The molecule has 0 saturated heterocycles. The van der Waals surface area contributed by atoms with Gasteiger partial charge in [-0.15, -0.1) is 0 Å². The number of hydrogen-bond donors (Lipinski definition) is 0. The molecular formula is C9H15. The monoisotopic (exact) mass is 123 g/mol. The van der Waals surface area contributed by atoms with Crippen LogP contribution in [0.2, 0.25) is 0 Å². The fourth-order valence-corrected chi connectivity index (χ4v) is 0.452. The normalized spacial score (nSPS) is 14.1. The smallest absolute Gasteiger partial charge is 0.0261 e. The Morgan fingerprint density at radius 3 is 2.56 bits per heavy atom. The van der Waals surface area contributed by atoms with Gasteiger partial charge in [-0.2, -0.15) is 0 Å². The Labute approximate surface area is 58.3 Å². The van der Waals surface area contributed by atoms with Crippen LogP contribution in [0, 0.1) is 12.5 Å². The number of allylic oxidation sites excluding steroid dienone is 3. The Morgan fingerprint density at radius 1 is 1.67 bits per heavy atom. The third-order valence-electron chi connectivity index (χ3n) is 1.33. The lowest BCUT2D eigenvalue weighted by Crippen LogP contribution is -1.83. The molecule has 0 heteroatoms. The molecule has 0 rings (SSSR count). The van der Waals surface area contributed by atoms with Gasteiger partial charge in [0, 0.05) is 0 Å². The van der Waals surface area contributed by atoms with Crippen LogP contribution in [0.4, 0.5) is 0 Å². The zero-order valence-electron chi connectivity index (χ0n) is 6.52. The number of hydrogen-bond acceptors (Lipinski definition) is 0. The molecule has 0 aromatic heterocycles. The van der Waals surface area contributed by atoms with Crippen LogP contribution in [-0.2, 0) is 0 Å². The molecule has 0 spiro atoms. The molecule has 1 atom stereocenters. The SMILES string of the molecule is [CH]=C(C)/C=C/C(C)CC. The molecule has 0 fully saturated rings. The van der Waals surface area contributed by atoms with E-state index in [4.69, 9.17) is 6.58 Å². The first-order valence-electron chi connectivity index (χ1n) is 3.44. The number of rotatable bonds is 3. The molecule has 0 bridgehead atoms. The highest BCUT2D eigenvalue weighted by Gasteiger charge is 1.88. The summed E-state index contributed by atoms with van der Waals surface area (Å²) in [5, 5.41) is 0. The van der Waals surface area contributed by atoms with Gasteiger partial charge in [0.15, 0.2) is 0 Å². The van der Waals surface area contributed by atoms with E-state index in [1.807, 2.05) is 13.0 Å². The highest BCUT2D eigenvalue weighted by atomic mass is 13.9. The van der Waals surface area contributed by atoms with Gasteiger partial charge in [-0.3, -0.25) is 0 Å².